The molecule has 1 fully saturated rings. The average Bonchev–Trinajstić information content (AvgIpc) is 3.27. The second-order valence-corrected chi connectivity index (χ2v) is 7.26. The number of aliphatic imine (C=N–C) groups is 1. The van der Waals surface area contributed by atoms with Gasteiger partial charge >= 0.3 is 0 Å². The van der Waals surface area contributed by atoms with E-state index in [1.54, 1.807) is 18.7 Å². The summed E-state index contributed by atoms with van der Waals surface area (Å²) in [6.45, 7) is 6.30. The molecule has 2 aromatic heterocycles. The van der Waals surface area contributed by atoms with E-state index in [0.29, 0.717) is 5.89 Å². The van der Waals surface area contributed by atoms with Crippen LogP contribution in [0, 0.1) is 6.92 Å². The lowest BCUT2D eigenvalue weighted by Crippen LogP contribution is -2.53. The molecular weight excluding hydrogens is 505 g/mol. The summed E-state index contributed by atoms with van der Waals surface area (Å²) < 4.78 is 5.65. The Balaban J connectivity index is 0.00000272. The number of nitrogens with one attached hydrogen (secondary N) is 1. The maximum Gasteiger partial charge on any atom is 0.226 e. The van der Waals surface area contributed by atoms with Gasteiger partial charge in [0.1, 0.15) is 6.26 Å². The van der Waals surface area contributed by atoms with Crippen molar-refractivity contribution in [1.82, 2.24) is 25.2 Å². The van der Waals surface area contributed by atoms with Gasteiger partial charge in [0.25, 0.3) is 0 Å². The Bertz CT molecular complexity index is 967. The van der Waals surface area contributed by atoms with Crippen LogP contribution < -0.4 is 10.2 Å². The molecule has 0 amide bonds. The Morgan fingerprint density at radius 2 is 1.81 bits per heavy atom. The molecule has 1 aliphatic heterocycles. The molecule has 164 valence electrons. The standard InChI is InChI=1S/C22H27N7O.HI/c1-17-4-6-18(7-5-17)20-27-19(16-30-20)8-11-26-21(23-2)28-12-14-29(15-13-28)22-24-9-3-10-25-22;/h3-7,9-10,16H,8,11-15H2,1-2H3,(H,23,26);1H. The fourth-order valence-corrected chi connectivity index (χ4v) is 3.46. The van der Waals surface area contributed by atoms with Crippen LogP contribution in [0.5, 0.6) is 0 Å². The van der Waals surface area contributed by atoms with Crippen molar-refractivity contribution in [3.8, 4) is 11.5 Å². The smallest absolute Gasteiger partial charge is 0.226 e. The van der Waals surface area contributed by atoms with Crippen molar-refractivity contribution in [2.45, 2.75) is 13.3 Å². The summed E-state index contributed by atoms with van der Waals surface area (Å²) in [7, 11) is 1.82. The number of rotatable bonds is 5. The van der Waals surface area contributed by atoms with Crippen molar-refractivity contribution in [3.05, 3.63) is 60.2 Å². The maximum absolute atomic E-state index is 5.65. The first-order valence-corrected chi connectivity index (χ1v) is 10.2. The SMILES string of the molecule is CN=C(NCCc1coc(-c2ccc(C)cc2)n1)N1CCN(c2ncccn2)CC1.I. The van der Waals surface area contributed by atoms with E-state index in [2.05, 4.69) is 54.1 Å². The zero-order valence-electron chi connectivity index (χ0n) is 17.9. The number of anilines is 1. The minimum absolute atomic E-state index is 0. The monoisotopic (exact) mass is 533 g/mol. The Kier molecular flexibility index (Phi) is 8.21. The summed E-state index contributed by atoms with van der Waals surface area (Å²) in [6, 6.07) is 10.0. The van der Waals surface area contributed by atoms with Crippen LogP contribution in [0.25, 0.3) is 11.5 Å². The van der Waals surface area contributed by atoms with Crippen molar-refractivity contribution >= 4 is 35.9 Å². The number of hydrogen-bond acceptors (Lipinski definition) is 6. The highest BCUT2D eigenvalue weighted by Gasteiger charge is 2.21. The number of halogens is 1. The third kappa shape index (κ3) is 5.93. The van der Waals surface area contributed by atoms with Crippen molar-refractivity contribution < 1.29 is 4.42 Å². The molecule has 1 saturated heterocycles. The third-order valence-corrected chi connectivity index (χ3v) is 5.14. The highest BCUT2D eigenvalue weighted by molar-refractivity contribution is 14.0. The minimum Gasteiger partial charge on any atom is -0.444 e. The van der Waals surface area contributed by atoms with Crippen LogP contribution in [-0.2, 0) is 6.42 Å². The normalized spacial score (nSPS) is 14.3. The van der Waals surface area contributed by atoms with Gasteiger partial charge in [0, 0.05) is 64.1 Å². The molecule has 3 heterocycles. The molecule has 3 aromatic rings. The number of benzene rings is 1. The van der Waals surface area contributed by atoms with Crippen molar-refractivity contribution in [2.24, 2.45) is 4.99 Å². The first kappa shape index (κ1) is 23.0. The van der Waals surface area contributed by atoms with E-state index in [9.17, 15) is 0 Å². The van der Waals surface area contributed by atoms with Crippen LogP contribution in [0.4, 0.5) is 5.95 Å². The van der Waals surface area contributed by atoms with Crippen LogP contribution >= 0.6 is 24.0 Å². The molecule has 1 N–H and O–H groups in total. The fourth-order valence-electron chi connectivity index (χ4n) is 3.46. The highest BCUT2D eigenvalue weighted by Crippen LogP contribution is 2.19. The van der Waals surface area contributed by atoms with Crippen molar-refractivity contribution in [3.63, 3.8) is 0 Å². The highest BCUT2D eigenvalue weighted by atomic mass is 127. The number of hydrogen-bond donors (Lipinski definition) is 1. The van der Waals surface area contributed by atoms with Crippen molar-refractivity contribution in [2.75, 3.05) is 44.7 Å². The molecule has 4 rings (SSSR count). The Morgan fingerprint density at radius 1 is 1.10 bits per heavy atom. The molecule has 0 spiro atoms. The first-order valence-electron chi connectivity index (χ1n) is 10.2. The minimum atomic E-state index is 0. The number of guanidine groups is 1. The lowest BCUT2D eigenvalue weighted by atomic mass is 10.1. The Hall–Kier alpha value is -2.69. The number of oxazole rings is 1. The van der Waals surface area contributed by atoms with Crippen LogP contribution in [0.1, 0.15) is 11.3 Å². The largest absolute Gasteiger partial charge is 0.444 e. The summed E-state index contributed by atoms with van der Waals surface area (Å²) in [5.74, 6) is 2.36. The van der Waals surface area contributed by atoms with Gasteiger partial charge in [-0.25, -0.2) is 15.0 Å². The molecule has 0 radical (unpaired) electrons. The number of nitrogens with zero attached hydrogens (tertiary/aromatic N) is 6. The molecule has 1 aromatic carbocycles. The van der Waals surface area contributed by atoms with Crippen molar-refractivity contribution in [1.29, 1.82) is 0 Å². The van der Waals surface area contributed by atoms with Gasteiger partial charge in [-0.1, -0.05) is 17.7 Å². The van der Waals surface area contributed by atoms with E-state index in [-0.39, 0.29) is 24.0 Å². The fraction of sp³-hybridized carbons (Fsp3) is 0.364. The lowest BCUT2D eigenvalue weighted by molar-refractivity contribution is 0.370. The van der Waals surface area contributed by atoms with Gasteiger partial charge in [-0.05, 0) is 25.1 Å². The van der Waals surface area contributed by atoms with Crippen LogP contribution in [-0.4, -0.2) is 65.6 Å². The van der Waals surface area contributed by atoms with E-state index in [1.165, 1.54) is 5.56 Å². The maximum atomic E-state index is 5.65. The molecule has 0 saturated carbocycles. The predicted octanol–water partition coefficient (Wildman–Crippen LogP) is 3.00. The Labute approximate surface area is 199 Å². The van der Waals surface area contributed by atoms with E-state index >= 15 is 0 Å². The van der Waals surface area contributed by atoms with E-state index < -0.39 is 0 Å². The summed E-state index contributed by atoms with van der Waals surface area (Å²) in [5, 5.41) is 3.44. The summed E-state index contributed by atoms with van der Waals surface area (Å²) in [6.07, 6.45) is 6.07. The van der Waals surface area contributed by atoms with Crippen LogP contribution in [0.3, 0.4) is 0 Å². The summed E-state index contributed by atoms with van der Waals surface area (Å²) in [5.41, 5.74) is 3.15. The van der Waals surface area contributed by atoms with Gasteiger partial charge < -0.3 is 19.5 Å². The van der Waals surface area contributed by atoms with Crippen LogP contribution in [0.2, 0.25) is 0 Å². The zero-order valence-corrected chi connectivity index (χ0v) is 20.2. The predicted molar refractivity (Wildman–Crippen MR) is 133 cm³/mol. The quantitative estimate of drug-likeness (QED) is 0.307. The average molecular weight is 533 g/mol. The summed E-state index contributed by atoms with van der Waals surface area (Å²) >= 11 is 0. The second kappa shape index (κ2) is 11.1. The van der Waals surface area contributed by atoms with Gasteiger partial charge in [-0.15, -0.1) is 24.0 Å². The number of aromatic nitrogens is 3. The van der Waals surface area contributed by atoms with E-state index in [1.807, 2.05) is 25.2 Å². The third-order valence-electron chi connectivity index (χ3n) is 5.14. The van der Waals surface area contributed by atoms with Gasteiger partial charge in [-0.2, -0.15) is 0 Å². The topological polar surface area (TPSA) is 82.7 Å². The van der Waals surface area contributed by atoms with Gasteiger partial charge in [0.15, 0.2) is 5.96 Å². The van der Waals surface area contributed by atoms with E-state index in [4.69, 9.17) is 4.42 Å². The van der Waals surface area contributed by atoms with Gasteiger partial charge in [-0.3, -0.25) is 4.99 Å². The summed E-state index contributed by atoms with van der Waals surface area (Å²) in [4.78, 5) is 22.2. The van der Waals surface area contributed by atoms with Crippen LogP contribution in [0.15, 0.2) is 58.4 Å². The molecule has 9 heteroatoms. The first-order chi connectivity index (χ1) is 14.7. The molecule has 1 aliphatic rings. The number of aryl methyl sites for hydroxylation is 1. The van der Waals surface area contributed by atoms with E-state index in [0.717, 1.165) is 62.3 Å². The van der Waals surface area contributed by atoms with Gasteiger partial charge in [0.2, 0.25) is 11.8 Å². The molecule has 0 atom stereocenters. The number of piperazine rings is 1. The molecule has 0 bridgehead atoms. The molecule has 0 unspecified atom stereocenters. The second-order valence-electron chi connectivity index (χ2n) is 7.26. The molecule has 0 aliphatic carbocycles. The molecular formula is C22H28IN7O. The Morgan fingerprint density at radius 3 is 2.48 bits per heavy atom. The van der Waals surface area contributed by atoms with Gasteiger partial charge in [0.05, 0.1) is 5.69 Å². The molecule has 8 nitrogen and oxygen atoms in total. The lowest BCUT2D eigenvalue weighted by Gasteiger charge is -2.36. The molecule has 31 heavy (non-hydrogen) atoms. The zero-order chi connectivity index (χ0) is 20.8.